The number of morpholine rings is 1. The quantitative estimate of drug-likeness (QED) is 0.884. The van der Waals surface area contributed by atoms with E-state index in [-0.39, 0.29) is 17.6 Å². The van der Waals surface area contributed by atoms with E-state index in [9.17, 15) is 4.79 Å². The van der Waals surface area contributed by atoms with Gasteiger partial charge >= 0.3 is 0 Å². The van der Waals surface area contributed by atoms with Crippen molar-refractivity contribution in [3.05, 3.63) is 16.6 Å². The predicted molar refractivity (Wildman–Crippen MR) is 95.4 cm³/mol. The minimum Gasteiger partial charge on any atom is -0.370 e. The van der Waals surface area contributed by atoms with Crippen LogP contribution in [0.15, 0.2) is 11.6 Å². The zero-order chi connectivity index (χ0) is 17.1. The lowest BCUT2D eigenvalue weighted by Gasteiger charge is -2.39. The van der Waals surface area contributed by atoms with E-state index in [1.807, 2.05) is 11.6 Å². The molecule has 138 valence electrons. The van der Waals surface area contributed by atoms with Gasteiger partial charge in [0.25, 0.3) is 0 Å². The van der Waals surface area contributed by atoms with Crippen molar-refractivity contribution in [3.8, 4) is 0 Å². The zero-order valence-electron chi connectivity index (χ0n) is 14.6. The average Bonchev–Trinajstić information content (AvgIpc) is 3.26. The molecule has 4 rings (SSSR count). The second-order valence-electron chi connectivity index (χ2n) is 7.52. The topological polar surface area (TPSA) is 63.7 Å². The Morgan fingerprint density at radius 3 is 3.08 bits per heavy atom. The Kier molecular flexibility index (Phi) is 5.36. The van der Waals surface area contributed by atoms with Crippen LogP contribution in [0.4, 0.5) is 0 Å². The maximum absolute atomic E-state index is 12.6. The third-order valence-corrected chi connectivity index (χ3v) is 6.28. The summed E-state index contributed by atoms with van der Waals surface area (Å²) in [6.07, 6.45) is 8.05. The molecule has 1 aliphatic carbocycles. The lowest BCUT2D eigenvalue weighted by molar-refractivity contribution is -0.131. The molecule has 3 aliphatic rings. The number of ether oxygens (including phenoxy) is 2. The highest BCUT2D eigenvalue weighted by atomic mass is 32.1. The summed E-state index contributed by atoms with van der Waals surface area (Å²) in [5.41, 5.74) is -0.343. The number of nitrogens with zero attached hydrogens (tertiary/aromatic N) is 2. The molecule has 1 aromatic heterocycles. The van der Waals surface area contributed by atoms with Crippen LogP contribution in [-0.4, -0.2) is 59.8 Å². The van der Waals surface area contributed by atoms with E-state index in [2.05, 4.69) is 15.2 Å². The monoisotopic (exact) mass is 365 g/mol. The van der Waals surface area contributed by atoms with Gasteiger partial charge in [-0.2, -0.15) is 0 Å². The van der Waals surface area contributed by atoms with Gasteiger partial charge in [0.05, 0.1) is 19.8 Å². The van der Waals surface area contributed by atoms with E-state index in [4.69, 9.17) is 9.47 Å². The van der Waals surface area contributed by atoms with Crippen LogP contribution in [0.2, 0.25) is 0 Å². The molecule has 1 saturated carbocycles. The van der Waals surface area contributed by atoms with Gasteiger partial charge < -0.3 is 14.8 Å². The van der Waals surface area contributed by atoms with Crippen LogP contribution < -0.4 is 5.32 Å². The molecule has 1 spiro atoms. The fourth-order valence-corrected chi connectivity index (χ4v) is 4.87. The molecule has 2 saturated heterocycles. The van der Waals surface area contributed by atoms with E-state index < -0.39 is 0 Å². The first kappa shape index (κ1) is 17.4. The number of carbonyl (C=O) groups excluding carboxylic acids is 1. The summed E-state index contributed by atoms with van der Waals surface area (Å²) >= 11 is 1.68. The van der Waals surface area contributed by atoms with Gasteiger partial charge in [-0.3, -0.25) is 9.69 Å². The van der Waals surface area contributed by atoms with Crippen molar-refractivity contribution in [3.63, 3.8) is 0 Å². The van der Waals surface area contributed by atoms with Gasteiger partial charge in [0.2, 0.25) is 5.91 Å². The smallest absolute Gasteiger partial charge is 0.249 e. The number of thiazole rings is 1. The summed E-state index contributed by atoms with van der Waals surface area (Å²) in [4.78, 5) is 19.3. The molecule has 0 bridgehead atoms. The molecule has 1 aromatic rings. The van der Waals surface area contributed by atoms with E-state index in [0.29, 0.717) is 25.7 Å². The standard InChI is InChI=1S/C18H27N3O3S/c22-17(20-14-4-2-1-3-5-14)15-10-18(13-23-15)12-21(7-8-24-18)11-16-19-6-9-25-16/h6,9,14-15H,1-5,7-8,10-13H2,(H,20,22). The van der Waals surface area contributed by atoms with Crippen molar-refractivity contribution in [2.45, 2.75) is 62.8 Å². The largest absolute Gasteiger partial charge is 0.370 e. The van der Waals surface area contributed by atoms with Crippen molar-refractivity contribution in [2.24, 2.45) is 0 Å². The molecule has 2 aliphatic heterocycles. The lowest BCUT2D eigenvalue weighted by Crippen LogP contribution is -2.52. The molecule has 1 N–H and O–H groups in total. The maximum Gasteiger partial charge on any atom is 0.249 e. The maximum atomic E-state index is 12.6. The van der Waals surface area contributed by atoms with Gasteiger partial charge in [-0.1, -0.05) is 19.3 Å². The van der Waals surface area contributed by atoms with Crippen LogP contribution in [-0.2, 0) is 20.8 Å². The Morgan fingerprint density at radius 2 is 2.28 bits per heavy atom. The molecule has 6 nitrogen and oxygen atoms in total. The van der Waals surface area contributed by atoms with Gasteiger partial charge in [-0.05, 0) is 12.8 Å². The lowest BCUT2D eigenvalue weighted by atomic mass is 9.94. The Hall–Kier alpha value is -1.02. The summed E-state index contributed by atoms with van der Waals surface area (Å²) in [5, 5.41) is 6.33. The first-order valence-corrected chi connectivity index (χ1v) is 10.3. The number of aromatic nitrogens is 1. The molecule has 2 atom stereocenters. The number of hydrogen-bond acceptors (Lipinski definition) is 6. The van der Waals surface area contributed by atoms with Gasteiger partial charge in [0, 0.05) is 37.1 Å². The molecule has 0 radical (unpaired) electrons. The van der Waals surface area contributed by atoms with Crippen LogP contribution in [0.3, 0.4) is 0 Å². The van der Waals surface area contributed by atoms with Crippen LogP contribution in [0.1, 0.15) is 43.5 Å². The third kappa shape index (κ3) is 4.22. The van der Waals surface area contributed by atoms with Crippen molar-refractivity contribution in [2.75, 3.05) is 26.3 Å². The molecule has 7 heteroatoms. The second-order valence-corrected chi connectivity index (χ2v) is 8.49. The third-order valence-electron chi connectivity index (χ3n) is 5.52. The van der Waals surface area contributed by atoms with Crippen LogP contribution in [0.5, 0.6) is 0 Å². The van der Waals surface area contributed by atoms with Crippen LogP contribution in [0.25, 0.3) is 0 Å². The average molecular weight is 365 g/mol. The normalized spacial score (nSPS) is 31.4. The Bertz CT molecular complexity index is 576. The highest BCUT2D eigenvalue weighted by Crippen LogP contribution is 2.32. The fraction of sp³-hybridized carbons (Fsp3) is 0.778. The first-order valence-electron chi connectivity index (χ1n) is 9.39. The molecule has 25 heavy (non-hydrogen) atoms. The van der Waals surface area contributed by atoms with Crippen molar-refractivity contribution in [1.82, 2.24) is 15.2 Å². The second kappa shape index (κ2) is 7.70. The van der Waals surface area contributed by atoms with E-state index in [1.165, 1.54) is 19.3 Å². The van der Waals surface area contributed by atoms with Crippen molar-refractivity contribution in [1.29, 1.82) is 0 Å². The zero-order valence-corrected chi connectivity index (χ0v) is 15.4. The Labute approximate surface area is 152 Å². The number of amides is 1. The Morgan fingerprint density at radius 1 is 1.40 bits per heavy atom. The minimum atomic E-state index is -0.373. The van der Waals surface area contributed by atoms with Crippen molar-refractivity contribution < 1.29 is 14.3 Å². The van der Waals surface area contributed by atoms with Gasteiger partial charge in [-0.25, -0.2) is 4.98 Å². The molecule has 3 fully saturated rings. The van der Waals surface area contributed by atoms with Crippen LogP contribution >= 0.6 is 11.3 Å². The van der Waals surface area contributed by atoms with Crippen LogP contribution in [0, 0.1) is 0 Å². The highest BCUT2D eigenvalue weighted by molar-refractivity contribution is 7.09. The molecular formula is C18H27N3O3S. The predicted octanol–water partition coefficient (Wildman–Crippen LogP) is 1.95. The molecule has 1 amide bonds. The summed E-state index contributed by atoms with van der Waals surface area (Å²) < 4.78 is 11.9. The molecule has 3 heterocycles. The number of hydrogen-bond donors (Lipinski definition) is 1. The van der Waals surface area contributed by atoms with Gasteiger partial charge in [0.15, 0.2) is 0 Å². The van der Waals surface area contributed by atoms with E-state index in [0.717, 1.165) is 37.5 Å². The number of carbonyl (C=O) groups is 1. The summed E-state index contributed by atoms with van der Waals surface area (Å²) in [6, 6.07) is 0.329. The highest BCUT2D eigenvalue weighted by Gasteiger charge is 2.47. The summed E-state index contributed by atoms with van der Waals surface area (Å²) in [5.74, 6) is 0.0458. The van der Waals surface area contributed by atoms with E-state index >= 15 is 0 Å². The molecule has 2 unspecified atom stereocenters. The SMILES string of the molecule is O=C(NC1CCCCC1)C1CC2(CO1)CN(Cc1nccs1)CCO2. The summed E-state index contributed by atoms with van der Waals surface area (Å²) in [6.45, 7) is 3.75. The van der Waals surface area contributed by atoms with Gasteiger partial charge in [0.1, 0.15) is 16.7 Å². The number of rotatable bonds is 4. The molecule has 0 aromatic carbocycles. The Balaban J connectivity index is 1.31. The van der Waals surface area contributed by atoms with E-state index in [1.54, 1.807) is 11.3 Å². The number of nitrogens with one attached hydrogen (secondary N) is 1. The fourth-order valence-electron chi connectivity index (χ4n) is 4.21. The van der Waals surface area contributed by atoms with Gasteiger partial charge in [-0.15, -0.1) is 11.3 Å². The minimum absolute atomic E-state index is 0.0458. The summed E-state index contributed by atoms with van der Waals surface area (Å²) in [7, 11) is 0. The first-order chi connectivity index (χ1) is 12.2. The molecular weight excluding hydrogens is 338 g/mol. The van der Waals surface area contributed by atoms with Crippen molar-refractivity contribution >= 4 is 17.2 Å².